The minimum absolute atomic E-state index is 0.973. The van der Waals surface area contributed by atoms with Gasteiger partial charge in [-0.05, 0) is 66.1 Å². The van der Waals surface area contributed by atoms with Crippen molar-refractivity contribution < 1.29 is 0 Å². The summed E-state index contributed by atoms with van der Waals surface area (Å²) in [7, 11) is 0. The maximum Gasteiger partial charge on any atom is -0.00202 e. The van der Waals surface area contributed by atoms with E-state index in [4.69, 9.17) is 0 Å². The summed E-state index contributed by atoms with van der Waals surface area (Å²) in [5, 5.41) is 0. The van der Waals surface area contributed by atoms with E-state index < -0.39 is 0 Å². The Balaban J connectivity index is 1.97. The van der Waals surface area contributed by atoms with Crippen molar-refractivity contribution in [3.8, 4) is 0 Å². The molecule has 0 aliphatic rings. The highest BCUT2D eigenvalue weighted by atomic mass is 14.1. The molecule has 0 atom stereocenters. The molecule has 0 saturated heterocycles. The summed E-state index contributed by atoms with van der Waals surface area (Å²) >= 11 is 0. The van der Waals surface area contributed by atoms with Gasteiger partial charge in [-0.1, -0.05) is 66.7 Å². The molecule has 0 heterocycles. The molecule has 0 fully saturated rings. The lowest BCUT2D eigenvalue weighted by Crippen LogP contribution is -2.02. The first-order valence-corrected chi connectivity index (χ1v) is 7.81. The minimum atomic E-state index is 0.973. The maximum atomic E-state index is 3.41. The molecule has 3 aromatic carbocycles. The monoisotopic (exact) mass is 285 g/mol. The second kappa shape index (κ2) is 6.62. The van der Waals surface area contributed by atoms with Crippen LogP contribution >= 0.6 is 0 Å². The van der Waals surface area contributed by atoms with Gasteiger partial charge >= 0.3 is 0 Å². The Morgan fingerprint density at radius 3 is 1.86 bits per heavy atom. The molecule has 0 heteroatoms. The van der Waals surface area contributed by atoms with E-state index in [2.05, 4.69) is 86.6 Å². The molecule has 1 radical (unpaired) electrons. The normalized spacial score (nSPS) is 10.6. The molecule has 109 valence electrons. The van der Waals surface area contributed by atoms with Crippen molar-refractivity contribution in [2.75, 3.05) is 0 Å². The van der Waals surface area contributed by atoms with Crippen LogP contribution in [-0.4, -0.2) is 0 Å². The third-order valence-corrected chi connectivity index (χ3v) is 4.33. The number of benzene rings is 3. The van der Waals surface area contributed by atoms with E-state index in [0.717, 1.165) is 12.8 Å². The molecule has 3 rings (SSSR count). The van der Waals surface area contributed by atoms with Crippen molar-refractivity contribution in [1.82, 2.24) is 0 Å². The van der Waals surface area contributed by atoms with Crippen molar-refractivity contribution in [1.29, 1.82) is 0 Å². The van der Waals surface area contributed by atoms with Crippen molar-refractivity contribution in [3.05, 3.63) is 106 Å². The number of hydrogen-bond acceptors (Lipinski definition) is 0. The summed E-state index contributed by atoms with van der Waals surface area (Å²) in [5.41, 5.74) is 8.18. The first kappa shape index (κ1) is 14.6. The second-order valence-electron chi connectivity index (χ2n) is 5.87. The molecule has 0 aliphatic heterocycles. The largest absolute Gasteiger partial charge is 0.0622 e. The SMILES string of the molecule is Cc1[c]cc(Cc2ccccc2)c(Cc2ccccc2)c1C. The van der Waals surface area contributed by atoms with Crippen LogP contribution < -0.4 is 0 Å². The van der Waals surface area contributed by atoms with E-state index in [0.29, 0.717) is 0 Å². The molecule has 3 aromatic rings. The van der Waals surface area contributed by atoms with E-state index >= 15 is 0 Å². The molecule has 0 amide bonds. The molecule has 22 heavy (non-hydrogen) atoms. The van der Waals surface area contributed by atoms with Crippen molar-refractivity contribution in [2.24, 2.45) is 0 Å². The van der Waals surface area contributed by atoms with Gasteiger partial charge in [-0.15, -0.1) is 0 Å². The van der Waals surface area contributed by atoms with Crippen molar-refractivity contribution >= 4 is 0 Å². The summed E-state index contributed by atoms with van der Waals surface area (Å²) < 4.78 is 0. The van der Waals surface area contributed by atoms with Gasteiger partial charge in [0.2, 0.25) is 0 Å². The zero-order valence-corrected chi connectivity index (χ0v) is 13.3. The van der Waals surface area contributed by atoms with E-state index in [9.17, 15) is 0 Å². The van der Waals surface area contributed by atoms with Gasteiger partial charge in [-0.3, -0.25) is 0 Å². The highest BCUT2D eigenvalue weighted by molar-refractivity contribution is 5.44. The first-order valence-electron chi connectivity index (χ1n) is 7.81. The molecule has 0 nitrogen and oxygen atoms in total. The lowest BCUT2D eigenvalue weighted by molar-refractivity contribution is 1.05. The lowest BCUT2D eigenvalue weighted by atomic mass is 9.89. The summed E-state index contributed by atoms with van der Waals surface area (Å²) in [6, 6.07) is 27.0. The summed E-state index contributed by atoms with van der Waals surface area (Å²) in [5.74, 6) is 0. The summed E-state index contributed by atoms with van der Waals surface area (Å²) in [6.07, 6.45) is 1.96. The van der Waals surface area contributed by atoms with E-state index in [1.54, 1.807) is 0 Å². The Morgan fingerprint density at radius 2 is 1.27 bits per heavy atom. The second-order valence-corrected chi connectivity index (χ2v) is 5.87. The third kappa shape index (κ3) is 3.28. The van der Waals surface area contributed by atoms with Crippen LogP contribution in [0.5, 0.6) is 0 Å². The fraction of sp³-hybridized carbons (Fsp3) is 0.182. The maximum absolute atomic E-state index is 3.41. The molecular formula is C22H21. The Labute approximate surface area is 133 Å². The quantitative estimate of drug-likeness (QED) is 0.611. The molecule has 0 saturated carbocycles. The van der Waals surface area contributed by atoms with E-state index in [1.807, 2.05) is 0 Å². The molecule has 0 spiro atoms. The van der Waals surface area contributed by atoms with Crippen molar-refractivity contribution in [3.63, 3.8) is 0 Å². The lowest BCUT2D eigenvalue weighted by Gasteiger charge is -2.15. The molecule has 0 aromatic heterocycles. The van der Waals surface area contributed by atoms with Crippen LogP contribution in [0.4, 0.5) is 0 Å². The average molecular weight is 285 g/mol. The van der Waals surface area contributed by atoms with Gasteiger partial charge in [0.05, 0.1) is 0 Å². The Morgan fingerprint density at radius 1 is 0.727 bits per heavy atom. The van der Waals surface area contributed by atoms with Crippen LogP contribution in [0.15, 0.2) is 66.7 Å². The molecular weight excluding hydrogens is 264 g/mol. The van der Waals surface area contributed by atoms with E-state index in [-0.39, 0.29) is 0 Å². The highest BCUT2D eigenvalue weighted by Crippen LogP contribution is 2.23. The number of hydrogen-bond donors (Lipinski definition) is 0. The Bertz CT molecular complexity index is 740. The fourth-order valence-electron chi connectivity index (χ4n) is 2.88. The topological polar surface area (TPSA) is 0 Å². The van der Waals surface area contributed by atoms with Gasteiger partial charge in [-0.25, -0.2) is 0 Å². The van der Waals surface area contributed by atoms with Crippen molar-refractivity contribution in [2.45, 2.75) is 26.7 Å². The fourth-order valence-corrected chi connectivity index (χ4v) is 2.88. The van der Waals surface area contributed by atoms with Gasteiger partial charge in [0.15, 0.2) is 0 Å². The third-order valence-electron chi connectivity index (χ3n) is 4.33. The molecule has 0 unspecified atom stereocenters. The number of aryl methyl sites for hydroxylation is 1. The standard InChI is InChI=1S/C22H21/c1-17-13-14-21(15-19-9-5-3-6-10-19)22(18(17)2)16-20-11-7-4-8-12-20/h3-12,14H,15-16H2,1-2H3. The summed E-state index contributed by atoms with van der Waals surface area (Å²) in [6.45, 7) is 4.37. The van der Waals surface area contributed by atoms with Crippen LogP contribution in [0.2, 0.25) is 0 Å². The zero-order chi connectivity index (χ0) is 15.4. The first-order chi connectivity index (χ1) is 10.7. The van der Waals surface area contributed by atoms with Crippen LogP contribution in [0, 0.1) is 19.9 Å². The molecule has 0 N–H and O–H groups in total. The van der Waals surface area contributed by atoms with Gasteiger partial charge in [0.25, 0.3) is 0 Å². The molecule has 0 aliphatic carbocycles. The van der Waals surface area contributed by atoms with Gasteiger partial charge in [0, 0.05) is 0 Å². The zero-order valence-electron chi connectivity index (χ0n) is 13.3. The number of rotatable bonds is 4. The van der Waals surface area contributed by atoms with Crippen LogP contribution in [0.25, 0.3) is 0 Å². The van der Waals surface area contributed by atoms with Crippen LogP contribution in [0.3, 0.4) is 0 Å². The minimum Gasteiger partial charge on any atom is -0.0622 e. The van der Waals surface area contributed by atoms with Gasteiger partial charge < -0.3 is 0 Å². The van der Waals surface area contributed by atoms with Gasteiger partial charge in [-0.2, -0.15) is 0 Å². The average Bonchev–Trinajstić information content (AvgIpc) is 2.56. The predicted molar refractivity (Wildman–Crippen MR) is 93.2 cm³/mol. The van der Waals surface area contributed by atoms with E-state index in [1.165, 1.54) is 33.4 Å². The smallest absolute Gasteiger partial charge is 0.00202 e. The predicted octanol–water partition coefficient (Wildman–Crippen LogP) is 5.29. The summed E-state index contributed by atoms with van der Waals surface area (Å²) in [4.78, 5) is 0. The van der Waals surface area contributed by atoms with Crippen LogP contribution in [-0.2, 0) is 12.8 Å². The Hall–Kier alpha value is -2.34. The highest BCUT2D eigenvalue weighted by Gasteiger charge is 2.10. The van der Waals surface area contributed by atoms with Crippen LogP contribution in [0.1, 0.15) is 33.4 Å². The van der Waals surface area contributed by atoms with Gasteiger partial charge in [0.1, 0.15) is 0 Å². The molecule has 0 bridgehead atoms. The Kier molecular flexibility index (Phi) is 4.39.